The predicted octanol–water partition coefficient (Wildman–Crippen LogP) is 5.45. The lowest BCUT2D eigenvalue weighted by Crippen LogP contribution is -2.63. The van der Waals surface area contributed by atoms with Gasteiger partial charge in [0, 0.05) is 74.0 Å². The molecule has 0 aromatic rings. The molecule has 0 spiro atoms. The second kappa shape index (κ2) is 20.0. The summed E-state index contributed by atoms with van der Waals surface area (Å²) in [7, 11) is 0. The Morgan fingerprint density at radius 2 is 0.471 bits per heavy atom. The van der Waals surface area contributed by atoms with Gasteiger partial charge in [0.15, 0.2) is 0 Å². The van der Waals surface area contributed by atoms with E-state index in [1.807, 2.05) is 0 Å². The van der Waals surface area contributed by atoms with Crippen LogP contribution in [0.5, 0.6) is 0 Å². The summed E-state index contributed by atoms with van der Waals surface area (Å²) in [6.07, 6.45) is 29.9. The number of piperidine rings is 4. The minimum Gasteiger partial charge on any atom is -0.300 e. The first-order valence-corrected chi connectivity index (χ1v) is 30.4. The van der Waals surface area contributed by atoms with Crippen LogP contribution in [-0.4, -0.2) is 145 Å². The average molecular weight is 941 g/mol. The van der Waals surface area contributed by atoms with E-state index in [1.54, 1.807) is 0 Å². The molecule has 16 unspecified atom stereocenters. The first-order valence-electron chi connectivity index (χ1n) is 30.4. The lowest BCUT2D eigenvalue weighted by atomic mass is 9.72. The standard InChI is InChI=1S/C56H100N12/c1-33-13-9-25-65(29-33)41-21-5-17-37-45(41)53-57-49(37)62-54-47-39(19-7-23-43(47)67-27-11-15-35(3)31-67)51(59-54)64-56-48-40(20-8-24-44(48)68-28-12-16-36(4)32-68)52(60-56)63-55-46-38(50(58-55)61-53)18-6-22-42(46)66-26-10-14-34(2)30-66/h33-64H,5-32H2,1-4H3. The molecule has 0 amide bonds. The highest BCUT2D eigenvalue weighted by Gasteiger charge is 2.60. The van der Waals surface area contributed by atoms with Crippen LogP contribution in [0.2, 0.25) is 0 Å². The highest BCUT2D eigenvalue weighted by Crippen LogP contribution is 2.49. The second-order valence-corrected chi connectivity index (χ2v) is 27.1. The molecule has 13 rings (SSSR count). The molecule has 68 heavy (non-hydrogen) atoms. The molecule has 4 aliphatic carbocycles. The van der Waals surface area contributed by atoms with Crippen molar-refractivity contribution in [2.45, 2.75) is 230 Å². The summed E-state index contributed by atoms with van der Waals surface area (Å²) in [6, 6.07) is 2.63. The van der Waals surface area contributed by atoms with E-state index in [-0.39, 0.29) is 0 Å². The molecule has 13 fully saturated rings. The lowest BCUT2D eigenvalue weighted by molar-refractivity contribution is 0.0167. The summed E-state index contributed by atoms with van der Waals surface area (Å²) < 4.78 is 0. The number of likely N-dealkylation sites (tertiary alicyclic amines) is 4. The van der Waals surface area contributed by atoms with Crippen LogP contribution in [0.4, 0.5) is 0 Å². The SMILES string of the molecule is CC1CCCN(C2CCCC3C4NC(NC5NC(NC6NC(NC7NC(N4)C4C7CCCC4N4CCCC(C)C4)C4C6CCCC4N4CCCC(C)C4)C4C5CCCC4N4CCCC(C)C4)C32)C1. The fraction of sp³-hybridized carbons (Fsp3) is 1.00. The van der Waals surface area contributed by atoms with Crippen molar-refractivity contribution in [3.8, 4) is 0 Å². The molecule has 384 valence electrons. The molecule has 16 atom stereocenters. The van der Waals surface area contributed by atoms with Crippen molar-refractivity contribution < 1.29 is 0 Å². The summed E-state index contributed by atoms with van der Waals surface area (Å²) >= 11 is 0. The maximum Gasteiger partial charge on any atom is 0.0643 e. The summed E-state index contributed by atoms with van der Waals surface area (Å²) in [5, 5.41) is 36.7. The van der Waals surface area contributed by atoms with Gasteiger partial charge in [0.25, 0.3) is 0 Å². The van der Waals surface area contributed by atoms with E-state index in [9.17, 15) is 0 Å². The molecule has 9 heterocycles. The van der Waals surface area contributed by atoms with Gasteiger partial charge in [-0.2, -0.15) is 0 Å². The Labute approximate surface area is 413 Å². The van der Waals surface area contributed by atoms with E-state index in [1.165, 1.54) is 181 Å². The highest BCUT2D eigenvalue weighted by molar-refractivity contribution is 5.14. The average Bonchev–Trinajstić information content (AvgIpc) is 4.10. The Morgan fingerprint density at radius 3 is 0.676 bits per heavy atom. The predicted molar refractivity (Wildman–Crippen MR) is 274 cm³/mol. The molecule has 9 saturated heterocycles. The second-order valence-electron chi connectivity index (χ2n) is 27.1. The molecule has 13 aliphatic rings. The van der Waals surface area contributed by atoms with Gasteiger partial charge < -0.3 is 0 Å². The molecule has 0 radical (unpaired) electrons. The third kappa shape index (κ3) is 8.85. The van der Waals surface area contributed by atoms with Crippen molar-refractivity contribution in [1.29, 1.82) is 0 Å². The van der Waals surface area contributed by atoms with Crippen molar-refractivity contribution in [3.05, 3.63) is 0 Å². The zero-order valence-corrected chi connectivity index (χ0v) is 43.4. The van der Waals surface area contributed by atoms with Crippen LogP contribution in [-0.2, 0) is 0 Å². The zero-order chi connectivity index (χ0) is 45.6. The molecule has 9 aliphatic heterocycles. The summed E-state index contributed by atoms with van der Waals surface area (Å²) in [6.45, 7) is 20.5. The number of nitrogens with zero attached hydrogens (tertiary/aromatic N) is 4. The third-order valence-electron chi connectivity index (χ3n) is 22.7. The van der Waals surface area contributed by atoms with Crippen molar-refractivity contribution in [3.63, 3.8) is 0 Å². The van der Waals surface area contributed by atoms with Gasteiger partial charge in [-0.15, -0.1) is 0 Å². The minimum absolute atomic E-state index is 0.306. The monoisotopic (exact) mass is 941 g/mol. The van der Waals surface area contributed by atoms with Crippen molar-refractivity contribution in [2.75, 3.05) is 52.4 Å². The van der Waals surface area contributed by atoms with Crippen LogP contribution in [0.25, 0.3) is 0 Å². The van der Waals surface area contributed by atoms with Gasteiger partial charge in [0.1, 0.15) is 0 Å². The van der Waals surface area contributed by atoms with Crippen molar-refractivity contribution in [1.82, 2.24) is 62.1 Å². The van der Waals surface area contributed by atoms with Gasteiger partial charge in [-0.05, 0) is 176 Å². The van der Waals surface area contributed by atoms with E-state index in [4.69, 9.17) is 0 Å². The molecule has 12 nitrogen and oxygen atoms in total. The van der Waals surface area contributed by atoms with Crippen molar-refractivity contribution >= 4 is 0 Å². The minimum atomic E-state index is 0.306. The van der Waals surface area contributed by atoms with Crippen LogP contribution in [0.3, 0.4) is 0 Å². The van der Waals surface area contributed by atoms with Gasteiger partial charge in [0.2, 0.25) is 0 Å². The number of rotatable bonds is 4. The maximum absolute atomic E-state index is 4.63. The molecule has 0 aromatic heterocycles. The van der Waals surface area contributed by atoms with Gasteiger partial charge in [-0.3, -0.25) is 62.1 Å². The fourth-order valence-corrected chi connectivity index (χ4v) is 20.0. The topological polar surface area (TPSA) is 109 Å². The van der Waals surface area contributed by atoms with Crippen LogP contribution in [0.1, 0.15) is 156 Å². The van der Waals surface area contributed by atoms with Crippen LogP contribution < -0.4 is 42.5 Å². The molecular formula is C56H100N12. The zero-order valence-electron chi connectivity index (χ0n) is 43.4. The number of fused-ring (bicyclic) bond motifs is 20. The Balaban J connectivity index is 0.884. The summed E-state index contributed by atoms with van der Waals surface area (Å²) in [4.78, 5) is 12.0. The van der Waals surface area contributed by atoms with Gasteiger partial charge in [-0.25, -0.2) is 0 Å². The third-order valence-corrected chi connectivity index (χ3v) is 22.7. The van der Waals surface area contributed by atoms with Gasteiger partial charge in [-0.1, -0.05) is 53.4 Å². The first-order chi connectivity index (χ1) is 33.3. The van der Waals surface area contributed by atoms with E-state index >= 15 is 0 Å². The molecule has 4 saturated carbocycles. The van der Waals surface area contributed by atoms with Crippen LogP contribution in [0.15, 0.2) is 0 Å². The Kier molecular flexibility index (Phi) is 13.9. The van der Waals surface area contributed by atoms with Gasteiger partial charge in [0.05, 0.1) is 49.3 Å². The number of hydrogen-bond donors (Lipinski definition) is 8. The Bertz CT molecular complexity index is 1460. The molecule has 8 N–H and O–H groups in total. The largest absolute Gasteiger partial charge is 0.300 e. The van der Waals surface area contributed by atoms with E-state index in [0.717, 1.165) is 23.7 Å². The van der Waals surface area contributed by atoms with E-state index in [0.29, 0.717) is 121 Å². The highest BCUT2D eigenvalue weighted by atomic mass is 15.4. The smallest absolute Gasteiger partial charge is 0.0643 e. The first kappa shape index (κ1) is 47.2. The molecule has 0 aromatic carbocycles. The number of nitrogens with one attached hydrogen (secondary N) is 8. The molecular weight excluding hydrogens is 841 g/mol. The maximum atomic E-state index is 4.63. The Morgan fingerprint density at radius 1 is 0.250 bits per heavy atom. The lowest BCUT2D eigenvalue weighted by Gasteiger charge is -2.48. The summed E-state index contributed by atoms with van der Waals surface area (Å²) in [5.41, 5.74) is 0. The summed E-state index contributed by atoms with van der Waals surface area (Å²) in [5.74, 6) is 8.24. The quantitative estimate of drug-likeness (QED) is 0.184. The Hall–Kier alpha value is -0.480. The number of hydrogen-bond acceptors (Lipinski definition) is 12. The molecule has 12 heteroatoms. The van der Waals surface area contributed by atoms with Crippen molar-refractivity contribution in [2.24, 2.45) is 71.0 Å². The van der Waals surface area contributed by atoms with E-state index < -0.39 is 0 Å². The van der Waals surface area contributed by atoms with E-state index in [2.05, 4.69) is 89.8 Å². The molecule has 8 bridgehead atoms. The normalized spacial score (nSPS) is 54.2. The van der Waals surface area contributed by atoms with Crippen LogP contribution in [0, 0.1) is 71.0 Å². The fourth-order valence-electron chi connectivity index (χ4n) is 20.0. The van der Waals surface area contributed by atoms with Crippen LogP contribution >= 0.6 is 0 Å². The van der Waals surface area contributed by atoms with Gasteiger partial charge >= 0.3 is 0 Å².